The van der Waals surface area contributed by atoms with Crippen molar-refractivity contribution in [1.82, 2.24) is 4.90 Å². The van der Waals surface area contributed by atoms with Crippen LogP contribution in [0.4, 0.5) is 8.78 Å². The summed E-state index contributed by atoms with van der Waals surface area (Å²) >= 11 is 0. The van der Waals surface area contributed by atoms with Crippen LogP contribution in [-0.4, -0.2) is 30.3 Å². The van der Waals surface area contributed by atoms with Crippen LogP contribution in [0.25, 0.3) is 0 Å². The summed E-state index contributed by atoms with van der Waals surface area (Å²) < 4.78 is 41.0. The van der Waals surface area contributed by atoms with E-state index in [9.17, 15) is 8.78 Å². The van der Waals surface area contributed by atoms with Gasteiger partial charge in [0.2, 0.25) is 0 Å². The van der Waals surface area contributed by atoms with Gasteiger partial charge in [0.05, 0.1) is 13.2 Å². The van der Waals surface area contributed by atoms with Gasteiger partial charge in [0, 0.05) is 30.8 Å². The van der Waals surface area contributed by atoms with E-state index in [0.717, 1.165) is 44.2 Å². The van der Waals surface area contributed by atoms with Crippen molar-refractivity contribution in [2.24, 2.45) is 5.92 Å². The predicted octanol–water partition coefficient (Wildman–Crippen LogP) is 5.72. The maximum atomic E-state index is 14.6. The van der Waals surface area contributed by atoms with Crippen LogP contribution in [-0.2, 0) is 17.8 Å². The maximum Gasteiger partial charge on any atom is 0.133 e. The van der Waals surface area contributed by atoms with Gasteiger partial charge in [0.1, 0.15) is 23.1 Å². The second-order valence-electron chi connectivity index (χ2n) is 8.76. The molecule has 1 saturated carbocycles. The Hall–Kier alpha value is -1.98. The number of hydrogen-bond donors (Lipinski definition) is 0. The third kappa shape index (κ3) is 5.38. The number of halogens is 2. The topological polar surface area (TPSA) is 21.7 Å². The number of rotatable bonds is 9. The highest BCUT2D eigenvalue weighted by atomic mass is 19.1. The number of nitrogens with zero attached hydrogens (tertiary/aromatic N) is 1. The van der Waals surface area contributed by atoms with E-state index < -0.39 is 17.4 Å². The van der Waals surface area contributed by atoms with E-state index in [4.69, 9.17) is 9.47 Å². The van der Waals surface area contributed by atoms with Crippen LogP contribution in [0.5, 0.6) is 5.75 Å². The number of piperidine rings is 1. The van der Waals surface area contributed by atoms with Gasteiger partial charge in [-0.3, -0.25) is 4.90 Å². The van der Waals surface area contributed by atoms with Gasteiger partial charge in [0.15, 0.2) is 0 Å². The molecule has 4 rings (SSSR count). The van der Waals surface area contributed by atoms with Crippen LogP contribution in [0, 0.1) is 17.6 Å². The fourth-order valence-electron chi connectivity index (χ4n) is 4.12. The van der Waals surface area contributed by atoms with Crippen LogP contribution in [0.2, 0.25) is 0 Å². The zero-order valence-corrected chi connectivity index (χ0v) is 17.7. The predicted molar refractivity (Wildman–Crippen MR) is 113 cm³/mol. The highest BCUT2D eigenvalue weighted by Gasteiger charge is 2.35. The van der Waals surface area contributed by atoms with Crippen molar-refractivity contribution >= 4 is 0 Å². The van der Waals surface area contributed by atoms with Crippen LogP contribution in [0.1, 0.15) is 50.2 Å². The molecule has 30 heavy (non-hydrogen) atoms. The molecule has 0 amide bonds. The minimum absolute atomic E-state index is 0.129. The average molecular weight is 416 g/mol. The summed E-state index contributed by atoms with van der Waals surface area (Å²) in [6.07, 6.45) is 5.68. The molecule has 162 valence electrons. The molecule has 1 saturated heterocycles. The number of benzene rings is 2. The molecule has 5 heteroatoms. The van der Waals surface area contributed by atoms with Gasteiger partial charge in [-0.15, -0.1) is 0 Å². The summed E-state index contributed by atoms with van der Waals surface area (Å²) in [5, 5.41) is 0. The maximum absolute atomic E-state index is 14.6. The Morgan fingerprint density at radius 1 is 1.07 bits per heavy atom. The minimum atomic E-state index is -0.523. The lowest BCUT2D eigenvalue weighted by molar-refractivity contribution is -0.170. The Balaban J connectivity index is 1.38. The fourth-order valence-corrected chi connectivity index (χ4v) is 4.12. The van der Waals surface area contributed by atoms with E-state index in [1.54, 1.807) is 0 Å². The van der Waals surface area contributed by atoms with E-state index in [0.29, 0.717) is 32.1 Å². The summed E-state index contributed by atoms with van der Waals surface area (Å²) in [4.78, 5) is 2.23. The minimum Gasteiger partial charge on any atom is -0.493 e. The first kappa shape index (κ1) is 21.3. The Morgan fingerprint density at radius 3 is 2.50 bits per heavy atom. The van der Waals surface area contributed by atoms with Crippen LogP contribution in [0.15, 0.2) is 42.5 Å². The number of hydrogen-bond acceptors (Lipinski definition) is 3. The van der Waals surface area contributed by atoms with Crippen molar-refractivity contribution in [1.29, 1.82) is 0 Å². The van der Waals surface area contributed by atoms with Crippen LogP contribution < -0.4 is 4.74 Å². The summed E-state index contributed by atoms with van der Waals surface area (Å²) in [7, 11) is 0. The van der Waals surface area contributed by atoms with E-state index in [1.807, 2.05) is 30.3 Å². The molecular formula is C25H31F2NO2. The monoisotopic (exact) mass is 415 g/mol. The lowest BCUT2D eigenvalue weighted by Gasteiger charge is -2.44. The molecule has 1 aliphatic carbocycles. The van der Waals surface area contributed by atoms with Gasteiger partial charge in [-0.05, 0) is 56.9 Å². The van der Waals surface area contributed by atoms with E-state index in [-0.39, 0.29) is 11.3 Å². The molecule has 0 bridgehead atoms. The molecule has 0 aromatic heterocycles. The van der Waals surface area contributed by atoms with E-state index in [1.165, 1.54) is 12.1 Å². The highest BCUT2D eigenvalue weighted by molar-refractivity contribution is 5.31. The van der Waals surface area contributed by atoms with Gasteiger partial charge in [-0.25, -0.2) is 8.78 Å². The smallest absolute Gasteiger partial charge is 0.133 e. The second-order valence-corrected chi connectivity index (χ2v) is 8.76. The first-order valence-corrected chi connectivity index (χ1v) is 11.1. The zero-order chi connectivity index (χ0) is 21.0. The van der Waals surface area contributed by atoms with Crippen molar-refractivity contribution in [3.63, 3.8) is 0 Å². The molecule has 1 unspecified atom stereocenters. The first-order valence-electron chi connectivity index (χ1n) is 11.1. The molecule has 1 aliphatic heterocycles. The molecule has 0 N–H and O–H groups in total. The number of ether oxygens (including phenoxy) is 2. The zero-order valence-electron chi connectivity index (χ0n) is 17.7. The molecule has 1 heterocycles. The van der Waals surface area contributed by atoms with Crippen molar-refractivity contribution in [2.45, 2.75) is 57.8 Å². The molecule has 3 nitrogen and oxygen atoms in total. The SMILES string of the molecule is CC1(OCc2ccccc2)CCCCN1CCc1c(F)cc(OCC2CC2)cc1F. The average Bonchev–Trinajstić information content (AvgIpc) is 3.57. The third-order valence-electron chi connectivity index (χ3n) is 6.31. The third-order valence-corrected chi connectivity index (χ3v) is 6.31. The summed E-state index contributed by atoms with van der Waals surface area (Å²) in [6, 6.07) is 12.7. The molecular weight excluding hydrogens is 384 g/mol. The Bertz CT molecular complexity index is 817. The Labute approximate surface area is 178 Å². The lowest BCUT2D eigenvalue weighted by atomic mass is 9.98. The number of likely N-dealkylation sites (tertiary alicyclic amines) is 1. The standard InChI is InChI=1S/C25H31F2NO2/c1-25(30-18-19-7-3-2-4-8-19)12-5-6-13-28(25)14-11-22-23(26)15-21(16-24(22)27)29-17-20-9-10-20/h2-4,7-8,15-16,20H,5-6,9-14,17-18H2,1H3. The Morgan fingerprint density at radius 2 is 1.80 bits per heavy atom. The van der Waals surface area contributed by atoms with Crippen LogP contribution >= 0.6 is 0 Å². The van der Waals surface area contributed by atoms with Gasteiger partial charge in [-0.1, -0.05) is 30.3 Å². The normalized spacial score (nSPS) is 22.2. The molecule has 2 aromatic rings. The molecule has 0 spiro atoms. The van der Waals surface area contributed by atoms with Crippen molar-refractivity contribution in [3.05, 3.63) is 65.2 Å². The first-order chi connectivity index (χ1) is 14.5. The summed E-state index contributed by atoms with van der Waals surface area (Å²) in [5.41, 5.74) is 0.835. The molecule has 1 atom stereocenters. The molecule has 0 radical (unpaired) electrons. The fraction of sp³-hybridized carbons (Fsp3) is 0.520. The van der Waals surface area contributed by atoms with Gasteiger partial charge in [-0.2, -0.15) is 0 Å². The van der Waals surface area contributed by atoms with Crippen molar-refractivity contribution in [2.75, 3.05) is 19.7 Å². The van der Waals surface area contributed by atoms with Crippen LogP contribution in [0.3, 0.4) is 0 Å². The highest BCUT2D eigenvalue weighted by Crippen LogP contribution is 2.32. The van der Waals surface area contributed by atoms with E-state index >= 15 is 0 Å². The van der Waals surface area contributed by atoms with E-state index in [2.05, 4.69) is 11.8 Å². The van der Waals surface area contributed by atoms with Gasteiger partial charge < -0.3 is 9.47 Å². The quantitative estimate of drug-likeness (QED) is 0.523. The van der Waals surface area contributed by atoms with Gasteiger partial charge in [0.25, 0.3) is 0 Å². The summed E-state index contributed by atoms with van der Waals surface area (Å²) in [6.45, 7) is 4.60. The largest absolute Gasteiger partial charge is 0.493 e. The molecule has 2 aromatic carbocycles. The Kier molecular flexibility index (Phi) is 6.69. The molecule has 2 fully saturated rings. The lowest BCUT2D eigenvalue weighted by Crippen LogP contribution is -2.52. The second kappa shape index (κ2) is 9.44. The molecule has 2 aliphatic rings. The van der Waals surface area contributed by atoms with Crippen molar-refractivity contribution < 1.29 is 18.3 Å². The summed E-state index contributed by atoms with van der Waals surface area (Å²) in [5.74, 6) is -0.215. The van der Waals surface area contributed by atoms with Crippen molar-refractivity contribution in [3.8, 4) is 5.75 Å². The van der Waals surface area contributed by atoms with Gasteiger partial charge >= 0.3 is 0 Å².